The monoisotopic (exact) mass is 243 g/mol. The van der Waals surface area contributed by atoms with Crippen molar-refractivity contribution in [2.24, 2.45) is 17.8 Å². The van der Waals surface area contributed by atoms with Crippen LogP contribution in [0.1, 0.15) is 52.4 Å². The van der Waals surface area contributed by atoms with E-state index in [9.17, 15) is 0 Å². The van der Waals surface area contributed by atoms with Crippen molar-refractivity contribution >= 4 is 12.6 Å². The van der Waals surface area contributed by atoms with Gasteiger partial charge in [0.1, 0.15) is 0 Å². The van der Waals surface area contributed by atoms with Gasteiger partial charge >= 0.3 is 0 Å². The average molecular weight is 243 g/mol. The highest BCUT2D eigenvalue weighted by Crippen LogP contribution is 2.35. The SMILES string of the molecule is C[C@@H]1CC[C@@H](CCCCNCCS)[C@@H](C)C1. The highest BCUT2D eigenvalue weighted by molar-refractivity contribution is 7.80. The summed E-state index contributed by atoms with van der Waals surface area (Å²) in [6.07, 6.45) is 8.60. The van der Waals surface area contributed by atoms with Gasteiger partial charge in [-0.05, 0) is 43.6 Å². The third-order valence-corrected chi connectivity index (χ3v) is 4.30. The summed E-state index contributed by atoms with van der Waals surface area (Å²) in [5.41, 5.74) is 0. The molecule has 16 heavy (non-hydrogen) atoms. The molecule has 1 aliphatic rings. The fraction of sp³-hybridized carbons (Fsp3) is 1.00. The summed E-state index contributed by atoms with van der Waals surface area (Å²) in [6.45, 7) is 7.10. The van der Waals surface area contributed by atoms with E-state index >= 15 is 0 Å². The van der Waals surface area contributed by atoms with Crippen LogP contribution in [0.15, 0.2) is 0 Å². The van der Waals surface area contributed by atoms with E-state index in [1.807, 2.05) is 0 Å². The Morgan fingerprint density at radius 1 is 1.12 bits per heavy atom. The van der Waals surface area contributed by atoms with Gasteiger partial charge in [-0.2, -0.15) is 12.6 Å². The standard InChI is InChI=1S/C14H29NS/c1-12-6-7-14(13(2)11-12)5-3-4-8-15-9-10-16/h12-16H,3-11H2,1-2H3/t12-,13+,14-/m1/s1. The number of hydrogen-bond acceptors (Lipinski definition) is 2. The van der Waals surface area contributed by atoms with Gasteiger partial charge in [0.25, 0.3) is 0 Å². The molecule has 0 saturated heterocycles. The summed E-state index contributed by atoms with van der Waals surface area (Å²) in [7, 11) is 0. The Labute approximate surface area is 107 Å². The Morgan fingerprint density at radius 3 is 2.62 bits per heavy atom. The smallest absolute Gasteiger partial charge is 0.00397 e. The topological polar surface area (TPSA) is 12.0 Å². The number of thiol groups is 1. The van der Waals surface area contributed by atoms with Crippen LogP contribution in [-0.4, -0.2) is 18.8 Å². The molecule has 0 heterocycles. The fourth-order valence-corrected chi connectivity index (χ4v) is 3.18. The van der Waals surface area contributed by atoms with Crippen LogP contribution in [0.3, 0.4) is 0 Å². The summed E-state index contributed by atoms with van der Waals surface area (Å²) >= 11 is 4.19. The van der Waals surface area contributed by atoms with Crippen LogP contribution in [0, 0.1) is 17.8 Å². The van der Waals surface area contributed by atoms with E-state index in [4.69, 9.17) is 0 Å². The summed E-state index contributed by atoms with van der Waals surface area (Å²) in [4.78, 5) is 0. The van der Waals surface area contributed by atoms with Gasteiger partial charge in [-0.3, -0.25) is 0 Å². The summed E-state index contributed by atoms with van der Waals surface area (Å²) in [5, 5.41) is 3.41. The molecule has 0 aromatic carbocycles. The van der Waals surface area contributed by atoms with Crippen molar-refractivity contribution in [2.45, 2.75) is 52.4 Å². The first-order valence-corrected chi connectivity index (χ1v) is 7.69. The predicted molar refractivity (Wildman–Crippen MR) is 76.2 cm³/mol. The number of unbranched alkanes of at least 4 members (excludes halogenated alkanes) is 1. The molecule has 96 valence electrons. The molecule has 1 nitrogen and oxygen atoms in total. The Morgan fingerprint density at radius 2 is 1.94 bits per heavy atom. The molecule has 1 aliphatic carbocycles. The first-order chi connectivity index (χ1) is 7.74. The van der Waals surface area contributed by atoms with Crippen LogP contribution < -0.4 is 5.32 Å². The van der Waals surface area contributed by atoms with Crippen LogP contribution in [0.25, 0.3) is 0 Å². The van der Waals surface area contributed by atoms with E-state index in [1.165, 1.54) is 45.1 Å². The van der Waals surface area contributed by atoms with Crippen molar-refractivity contribution in [1.29, 1.82) is 0 Å². The van der Waals surface area contributed by atoms with E-state index in [2.05, 4.69) is 31.8 Å². The molecule has 0 aliphatic heterocycles. The lowest BCUT2D eigenvalue weighted by Crippen LogP contribution is -2.22. The zero-order chi connectivity index (χ0) is 11.8. The van der Waals surface area contributed by atoms with Gasteiger partial charge in [0.05, 0.1) is 0 Å². The summed E-state index contributed by atoms with van der Waals surface area (Å²) < 4.78 is 0. The van der Waals surface area contributed by atoms with E-state index in [1.54, 1.807) is 0 Å². The minimum absolute atomic E-state index is 0.956. The highest BCUT2D eigenvalue weighted by atomic mass is 32.1. The van der Waals surface area contributed by atoms with Crippen molar-refractivity contribution < 1.29 is 0 Å². The van der Waals surface area contributed by atoms with Crippen molar-refractivity contribution in [3.8, 4) is 0 Å². The number of hydrogen-bond donors (Lipinski definition) is 2. The lowest BCUT2D eigenvalue weighted by Gasteiger charge is -2.32. The quantitative estimate of drug-likeness (QED) is 0.513. The Bertz CT molecular complexity index is 172. The molecule has 0 aromatic heterocycles. The Kier molecular flexibility index (Phi) is 7.55. The fourth-order valence-electron chi connectivity index (χ4n) is 3.02. The molecule has 0 radical (unpaired) electrons. The van der Waals surface area contributed by atoms with Crippen LogP contribution in [0.4, 0.5) is 0 Å². The Hall–Kier alpha value is 0.310. The molecule has 2 heteroatoms. The zero-order valence-electron chi connectivity index (χ0n) is 11.0. The van der Waals surface area contributed by atoms with Crippen molar-refractivity contribution in [3.05, 3.63) is 0 Å². The minimum atomic E-state index is 0.956. The van der Waals surface area contributed by atoms with Crippen molar-refractivity contribution in [1.82, 2.24) is 5.32 Å². The average Bonchev–Trinajstić information content (AvgIpc) is 2.26. The molecule has 0 amide bonds. The lowest BCUT2D eigenvalue weighted by atomic mass is 9.74. The van der Waals surface area contributed by atoms with Crippen molar-refractivity contribution in [2.75, 3.05) is 18.8 Å². The van der Waals surface area contributed by atoms with Crippen LogP contribution in [0.2, 0.25) is 0 Å². The highest BCUT2D eigenvalue weighted by Gasteiger charge is 2.24. The molecule has 1 fully saturated rings. The van der Waals surface area contributed by atoms with Crippen LogP contribution in [-0.2, 0) is 0 Å². The van der Waals surface area contributed by atoms with Gasteiger partial charge in [0.15, 0.2) is 0 Å². The maximum absolute atomic E-state index is 4.19. The maximum Gasteiger partial charge on any atom is 0.00397 e. The molecular formula is C14H29NS. The van der Waals surface area contributed by atoms with Crippen LogP contribution in [0.5, 0.6) is 0 Å². The molecule has 0 unspecified atom stereocenters. The summed E-state index contributed by atoms with van der Waals surface area (Å²) in [6, 6.07) is 0. The maximum atomic E-state index is 4.19. The molecular weight excluding hydrogens is 214 g/mol. The second kappa shape index (κ2) is 8.41. The largest absolute Gasteiger partial charge is 0.316 e. The predicted octanol–water partition coefficient (Wildman–Crippen LogP) is 3.75. The molecule has 0 spiro atoms. The van der Waals surface area contributed by atoms with E-state index in [-0.39, 0.29) is 0 Å². The van der Waals surface area contributed by atoms with Gasteiger partial charge in [0.2, 0.25) is 0 Å². The second-order valence-electron chi connectivity index (χ2n) is 5.62. The van der Waals surface area contributed by atoms with Gasteiger partial charge in [-0.25, -0.2) is 0 Å². The van der Waals surface area contributed by atoms with Gasteiger partial charge in [-0.1, -0.05) is 33.1 Å². The second-order valence-corrected chi connectivity index (χ2v) is 6.07. The summed E-state index contributed by atoms with van der Waals surface area (Å²) in [5.74, 6) is 3.91. The van der Waals surface area contributed by atoms with E-state index in [0.717, 1.165) is 30.1 Å². The normalized spacial score (nSPS) is 30.6. The first-order valence-electron chi connectivity index (χ1n) is 7.05. The number of rotatable bonds is 7. The zero-order valence-corrected chi connectivity index (χ0v) is 11.9. The van der Waals surface area contributed by atoms with Gasteiger partial charge < -0.3 is 5.32 Å². The van der Waals surface area contributed by atoms with Crippen LogP contribution >= 0.6 is 12.6 Å². The minimum Gasteiger partial charge on any atom is -0.316 e. The Balaban J connectivity index is 2.00. The molecule has 0 aromatic rings. The third-order valence-electron chi connectivity index (χ3n) is 4.08. The van der Waals surface area contributed by atoms with Gasteiger partial charge in [-0.15, -0.1) is 0 Å². The lowest BCUT2D eigenvalue weighted by molar-refractivity contribution is 0.191. The molecule has 1 saturated carbocycles. The molecule has 1 N–H and O–H groups in total. The van der Waals surface area contributed by atoms with E-state index < -0.39 is 0 Å². The third kappa shape index (κ3) is 5.58. The van der Waals surface area contributed by atoms with Crippen molar-refractivity contribution in [3.63, 3.8) is 0 Å². The molecule has 1 rings (SSSR count). The molecule has 3 atom stereocenters. The first kappa shape index (κ1) is 14.4. The molecule has 0 bridgehead atoms. The van der Waals surface area contributed by atoms with Gasteiger partial charge in [0, 0.05) is 12.3 Å². The van der Waals surface area contributed by atoms with E-state index in [0.29, 0.717) is 0 Å². The number of nitrogens with one attached hydrogen (secondary N) is 1.